The molecule has 0 aliphatic heterocycles. The number of hydrogen-bond donors (Lipinski definition) is 0. The third-order valence-corrected chi connectivity index (χ3v) is 7.03. The molecule has 0 saturated heterocycles. The zero-order valence-corrected chi connectivity index (χ0v) is 17.9. The smallest absolute Gasteiger partial charge is 0.0391 e. The highest BCUT2D eigenvalue weighted by Gasteiger charge is 2.20. The standard InChI is InChI=1S/C9H18.C8H16.C7H14.3CH4/c1-8(2)9-6-4-3-5-7-9;1-7(2)8-5-3-4-6-8;1-6(2)7-4-3-5-7;;;/h8-9H,3-7H2,1-2H3;7-8H,3-6H2,1-2H3;6-7H,3-5H2,1-2H3;3*1H4. The predicted molar refractivity (Wildman–Crippen MR) is 131 cm³/mol. The highest BCUT2D eigenvalue weighted by atomic mass is 14.3. The maximum Gasteiger partial charge on any atom is -0.0391 e. The van der Waals surface area contributed by atoms with Gasteiger partial charge in [0.25, 0.3) is 0 Å². The highest BCUT2D eigenvalue weighted by molar-refractivity contribution is 4.71. The van der Waals surface area contributed by atoms with E-state index in [0.29, 0.717) is 0 Å². The molecule has 3 aliphatic carbocycles. The summed E-state index contributed by atoms with van der Waals surface area (Å²) in [6, 6.07) is 0. The zero-order chi connectivity index (χ0) is 17.9. The summed E-state index contributed by atoms with van der Waals surface area (Å²) >= 11 is 0. The van der Waals surface area contributed by atoms with Crippen molar-refractivity contribution in [2.75, 3.05) is 0 Å². The summed E-state index contributed by atoms with van der Waals surface area (Å²) < 4.78 is 0. The summed E-state index contributed by atoms with van der Waals surface area (Å²) in [5.74, 6) is 6.03. The lowest BCUT2D eigenvalue weighted by Gasteiger charge is -2.28. The minimum Gasteiger partial charge on any atom is -0.0776 e. The van der Waals surface area contributed by atoms with Gasteiger partial charge in [0.05, 0.1) is 0 Å². The molecule has 0 bridgehead atoms. The van der Waals surface area contributed by atoms with Gasteiger partial charge in [0.2, 0.25) is 0 Å². The van der Waals surface area contributed by atoms with Crippen molar-refractivity contribution in [2.24, 2.45) is 35.5 Å². The molecule has 0 atom stereocenters. The zero-order valence-electron chi connectivity index (χ0n) is 17.9. The number of rotatable bonds is 3. The molecule has 3 fully saturated rings. The Morgan fingerprint density at radius 2 is 0.593 bits per heavy atom. The van der Waals surface area contributed by atoms with Crippen LogP contribution in [-0.4, -0.2) is 0 Å². The summed E-state index contributed by atoms with van der Waals surface area (Å²) in [6.45, 7) is 14.0. The molecule has 0 amide bonds. The van der Waals surface area contributed by atoms with E-state index < -0.39 is 0 Å². The van der Waals surface area contributed by atoms with Crippen molar-refractivity contribution < 1.29 is 0 Å². The second-order valence-corrected chi connectivity index (χ2v) is 9.87. The van der Waals surface area contributed by atoms with Crippen molar-refractivity contribution in [1.82, 2.24) is 0 Å². The van der Waals surface area contributed by atoms with E-state index in [1.54, 1.807) is 0 Å². The molecule has 0 unspecified atom stereocenters. The summed E-state index contributed by atoms with van der Waals surface area (Å²) in [7, 11) is 0. The van der Waals surface area contributed by atoms with E-state index in [4.69, 9.17) is 0 Å². The van der Waals surface area contributed by atoms with Gasteiger partial charge >= 0.3 is 0 Å². The van der Waals surface area contributed by atoms with Gasteiger partial charge in [-0.1, -0.05) is 141 Å². The molecule has 3 saturated carbocycles. The van der Waals surface area contributed by atoms with Crippen molar-refractivity contribution in [3.63, 3.8) is 0 Å². The number of hydrogen-bond acceptors (Lipinski definition) is 0. The molecule has 0 radical (unpaired) electrons. The normalized spacial score (nSPS) is 20.3. The van der Waals surface area contributed by atoms with E-state index in [2.05, 4.69) is 41.5 Å². The molecule has 0 heterocycles. The summed E-state index contributed by atoms with van der Waals surface area (Å²) in [5, 5.41) is 0. The molecule has 0 N–H and O–H groups in total. The molecule has 0 nitrogen and oxygen atoms in total. The lowest BCUT2D eigenvalue weighted by Crippen LogP contribution is -2.16. The van der Waals surface area contributed by atoms with Crippen LogP contribution in [0.3, 0.4) is 0 Å². The maximum atomic E-state index is 2.36. The molecule has 0 heteroatoms. The molecular weight excluding hydrogens is 324 g/mol. The SMILES string of the molecule is C.C.C.CC(C)C1CCC1.CC(C)C1CCCC1.CC(C)C1CCCCC1. The van der Waals surface area contributed by atoms with Gasteiger partial charge in [0.15, 0.2) is 0 Å². The molecule has 0 aromatic rings. The molecule has 0 spiro atoms. The Labute approximate surface area is 176 Å². The van der Waals surface area contributed by atoms with E-state index in [9.17, 15) is 0 Å². The molecule has 3 rings (SSSR count). The van der Waals surface area contributed by atoms with Crippen LogP contribution in [0, 0.1) is 35.5 Å². The second kappa shape index (κ2) is 18.1. The Hall–Kier alpha value is 0. The Bertz CT molecular complexity index is 272. The van der Waals surface area contributed by atoms with Crippen LogP contribution in [0.25, 0.3) is 0 Å². The fourth-order valence-corrected chi connectivity index (χ4v) is 4.53. The van der Waals surface area contributed by atoms with Gasteiger partial charge in [-0.15, -0.1) is 0 Å². The van der Waals surface area contributed by atoms with Crippen LogP contribution in [0.2, 0.25) is 0 Å². The molecule has 27 heavy (non-hydrogen) atoms. The minimum atomic E-state index is 0. The second-order valence-electron chi connectivity index (χ2n) is 9.87. The Morgan fingerprint density at radius 3 is 0.741 bits per heavy atom. The van der Waals surface area contributed by atoms with Gasteiger partial charge in [-0.3, -0.25) is 0 Å². The van der Waals surface area contributed by atoms with Crippen LogP contribution in [0.5, 0.6) is 0 Å². The van der Waals surface area contributed by atoms with Crippen LogP contribution in [-0.2, 0) is 0 Å². The first-order valence-electron chi connectivity index (χ1n) is 11.4. The first-order valence-corrected chi connectivity index (χ1v) is 11.4. The topological polar surface area (TPSA) is 0 Å². The quantitative estimate of drug-likeness (QED) is 0.454. The average molecular weight is 385 g/mol. The van der Waals surface area contributed by atoms with Gasteiger partial charge in [-0.05, 0) is 35.5 Å². The van der Waals surface area contributed by atoms with Gasteiger partial charge in [-0.25, -0.2) is 0 Å². The van der Waals surface area contributed by atoms with Crippen LogP contribution in [0.4, 0.5) is 0 Å². The van der Waals surface area contributed by atoms with Crippen LogP contribution >= 0.6 is 0 Å². The lowest BCUT2D eigenvalue weighted by atomic mass is 9.78. The van der Waals surface area contributed by atoms with E-state index >= 15 is 0 Å². The lowest BCUT2D eigenvalue weighted by molar-refractivity contribution is 0.235. The van der Waals surface area contributed by atoms with Gasteiger partial charge < -0.3 is 0 Å². The average Bonchev–Trinajstić information content (AvgIpc) is 3.01. The van der Waals surface area contributed by atoms with E-state index in [1.165, 1.54) is 77.0 Å². The van der Waals surface area contributed by atoms with Crippen LogP contribution < -0.4 is 0 Å². The Kier molecular flexibility index (Phi) is 21.2. The minimum absolute atomic E-state index is 0. The van der Waals surface area contributed by atoms with E-state index in [-0.39, 0.29) is 22.3 Å². The van der Waals surface area contributed by atoms with Crippen molar-refractivity contribution in [1.29, 1.82) is 0 Å². The van der Waals surface area contributed by atoms with Gasteiger partial charge in [-0.2, -0.15) is 0 Å². The molecule has 168 valence electrons. The van der Waals surface area contributed by atoms with Crippen LogP contribution in [0.15, 0.2) is 0 Å². The third kappa shape index (κ3) is 13.8. The van der Waals surface area contributed by atoms with E-state index in [1.807, 2.05) is 0 Å². The fourth-order valence-electron chi connectivity index (χ4n) is 4.53. The summed E-state index contributed by atoms with van der Waals surface area (Å²) in [4.78, 5) is 0. The van der Waals surface area contributed by atoms with E-state index in [0.717, 1.165) is 35.5 Å². The van der Waals surface area contributed by atoms with Crippen molar-refractivity contribution in [3.8, 4) is 0 Å². The molecule has 0 aromatic heterocycles. The molecule has 3 aliphatic rings. The third-order valence-electron chi connectivity index (χ3n) is 7.03. The Morgan fingerprint density at radius 1 is 0.370 bits per heavy atom. The first-order chi connectivity index (χ1) is 11.4. The van der Waals surface area contributed by atoms with Crippen molar-refractivity contribution in [3.05, 3.63) is 0 Å². The van der Waals surface area contributed by atoms with Gasteiger partial charge in [0, 0.05) is 0 Å². The molecule has 0 aromatic carbocycles. The van der Waals surface area contributed by atoms with Crippen molar-refractivity contribution >= 4 is 0 Å². The first kappa shape index (κ1) is 31.7. The summed E-state index contributed by atoms with van der Waals surface area (Å²) in [5.41, 5.74) is 0. The maximum absolute atomic E-state index is 2.36. The largest absolute Gasteiger partial charge is 0.0776 e. The predicted octanol–water partition coefficient (Wildman–Crippen LogP) is 10.4. The van der Waals surface area contributed by atoms with Crippen molar-refractivity contribution in [2.45, 2.75) is 141 Å². The van der Waals surface area contributed by atoms with Crippen LogP contribution in [0.1, 0.15) is 141 Å². The van der Waals surface area contributed by atoms with Gasteiger partial charge in [0.1, 0.15) is 0 Å². The fraction of sp³-hybridized carbons (Fsp3) is 1.00. The highest BCUT2D eigenvalue weighted by Crippen LogP contribution is 2.32. The summed E-state index contributed by atoms with van der Waals surface area (Å²) in [6.07, 6.45) is 17.9. The monoisotopic (exact) mass is 384 g/mol. The molecular formula is C27H60. The Balaban J connectivity index is -0.000000305.